The first kappa shape index (κ1) is 25.5. The van der Waals surface area contributed by atoms with E-state index in [4.69, 9.17) is 19.3 Å². The molecule has 0 radical (unpaired) electrons. The SMILES string of the molecule is COc1ccc(-c2nn(-c3ccccc3)cc2C(=O)NCc2cn(Cc3cc(OC)cc(OC)c3)nn2)cc1. The number of para-hydroxylation sites is 1. The lowest BCUT2D eigenvalue weighted by atomic mass is 10.1. The number of carbonyl (C=O) groups is 1. The van der Waals surface area contributed by atoms with Crippen molar-refractivity contribution in [2.24, 2.45) is 0 Å². The summed E-state index contributed by atoms with van der Waals surface area (Å²) in [6.45, 7) is 0.679. The zero-order valence-electron chi connectivity index (χ0n) is 21.9. The Morgan fingerprint density at radius 2 is 1.54 bits per heavy atom. The normalized spacial score (nSPS) is 10.7. The molecule has 39 heavy (non-hydrogen) atoms. The Bertz CT molecular complexity index is 1540. The highest BCUT2D eigenvalue weighted by molar-refractivity contribution is 5.99. The third-order valence-corrected chi connectivity index (χ3v) is 6.12. The number of hydrogen-bond acceptors (Lipinski definition) is 7. The zero-order chi connectivity index (χ0) is 27.2. The first-order valence-electron chi connectivity index (χ1n) is 12.2. The summed E-state index contributed by atoms with van der Waals surface area (Å²) in [5, 5.41) is 16.1. The summed E-state index contributed by atoms with van der Waals surface area (Å²) >= 11 is 0. The molecule has 1 N–H and O–H groups in total. The van der Waals surface area contributed by atoms with Crippen molar-refractivity contribution in [2.75, 3.05) is 21.3 Å². The molecule has 3 aromatic carbocycles. The molecule has 0 aliphatic heterocycles. The summed E-state index contributed by atoms with van der Waals surface area (Å²) in [6, 6.07) is 22.7. The number of nitrogens with one attached hydrogen (secondary N) is 1. The molecule has 5 rings (SSSR count). The van der Waals surface area contributed by atoms with E-state index >= 15 is 0 Å². The van der Waals surface area contributed by atoms with Crippen LogP contribution in [-0.2, 0) is 13.1 Å². The average molecular weight is 525 g/mol. The van der Waals surface area contributed by atoms with Crippen molar-refractivity contribution < 1.29 is 19.0 Å². The van der Waals surface area contributed by atoms with Crippen LogP contribution in [0.25, 0.3) is 16.9 Å². The van der Waals surface area contributed by atoms with Gasteiger partial charge in [0.1, 0.15) is 28.6 Å². The maximum atomic E-state index is 13.3. The number of carbonyl (C=O) groups excluding carboxylic acids is 1. The number of aromatic nitrogens is 5. The molecule has 10 heteroatoms. The van der Waals surface area contributed by atoms with E-state index in [0.717, 1.165) is 22.6 Å². The van der Waals surface area contributed by atoms with Crippen LogP contribution in [0.1, 0.15) is 21.6 Å². The number of benzene rings is 3. The van der Waals surface area contributed by atoms with E-state index in [-0.39, 0.29) is 12.5 Å². The van der Waals surface area contributed by atoms with Gasteiger partial charge < -0.3 is 19.5 Å². The van der Waals surface area contributed by atoms with E-state index in [1.54, 1.807) is 43.1 Å². The minimum atomic E-state index is -0.268. The third-order valence-electron chi connectivity index (χ3n) is 6.12. The van der Waals surface area contributed by atoms with Crippen molar-refractivity contribution >= 4 is 5.91 Å². The fourth-order valence-electron chi connectivity index (χ4n) is 4.12. The standard InChI is InChI=1S/C29H28N6O4/c1-37-24-11-9-21(10-12-24)28-27(19-35(32-28)23-7-5-4-6-8-23)29(36)30-16-22-18-34(33-31-22)17-20-13-25(38-2)15-26(14-20)39-3/h4-15,18-19H,16-17H2,1-3H3,(H,30,36). The Morgan fingerprint density at radius 3 is 2.21 bits per heavy atom. The molecule has 0 saturated carbocycles. The Labute approximate surface area is 225 Å². The maximum Gasteiger partial charge on any atom is 0.255 e. The Balaban J connectivity index is 1.33. The van der Waals surface area contributed by atoms with E-state index in [0.29, 0.717) is 35.0 Å². The monoisotopic (exact) mass is 524 g/mol. The third kappa shape index (κ3) is 5.90. The summed E-state index contributed by atoms with van der Waals surface area (Å²) in [5.74, 6) is 1.85. The summed E-state index contributed by atoms with van der Waals surface area (Å²) in [6.07, 6.45) is 3.53. The molecular formula is C29H28N6O4. The lowest BCUT2D eigenvalue weighted by molar-refractivity contribution is 0.0951. The predicted molar refractivity (Wildman–Crippen MR) is 145 cm³/mol. The van der Waals surface area contributed by atoms with Crippen molar-refractivity contribution in [3.63, 3.8) is 0 Å². The van der Waals surface area contributed by atoms with Gasteiger partial charge in [0.15, 0.2) is 0 Å². The van der Waals surface area contributed by atoms with Crippen molar-refractivity contribution in [1.82, 2.24) is 30.1 Å². The zero-order valence-corrected chi connectivity index (χ0v) is 21.9. The molecule has 1 amide bonds. The largest absolute Gasteiger partial charge is 0.497 e. The lowest BCUT2D eigenvalue weighted by Crippen LogP contribution is -2.23. The highest BCUT2D eigenvalue weighted by atomic mass is 16.5. The smallest absolute Gasteiger partial charge is 0.255 e. The number of amides is 1. The lowest BCUT2D eigenvalue weighted by Gasteiger charge is -2.08. The van der Waals surface area contributed by atoms with E-state index in [2.05, 4.69) is 15.6 Å². The summed E-state index contributed by atoms with van der Waals surface area (Å²) in [5.41, 5.74) is 4.23. The number of nitrogens with zero attached hydrogens (tertiary/aromatic N) is 5. The van der Waals surface area contributed by atoms with Crippen LogP contribution in [-0.4, -0.2) is 52.0 Å². The summed E-state index contributed by atoms with van der Waals surface area (Å²) < 4.78 is 19.4. The predicted octanol–water partition coefficient (Wildman–Crippen LogP) is 4.13. The van der Waals surface area contributed by atoms with Crippen LogP contribution in [0.2, 0.25) is 0 Å². The van der Waals surface area contributed by atoms with Crippen molar-refractivity contribution in [2.45, 2.75) is 13.1 Å². The molecule has 10 nitrogen and oxygen atoms in total. The minimum absolute atomic E-state index is 0.207. The molecule has 0 atom stereocenters. The second-order valence-corrected chi connectivity index (χ2v) is 8.71. The van der Waals surface area contributed by atoms with Crippen LogP contribution in [0.4, 0.5) is 0 Å². The summed E-state index contributed by atoms with van der Waals surface area (Å²) in [4.78, 5) is 13.3. The Morgan fingerprint density at radius 1 is 0.846 bits per heavy atom. The second kappa shape index (κ2) is 11.5. The fourth-order valence-corrected chi connectivity index (χ4v) is 4.12. The number of ether oxygens (including phenoxy) is 3. The molecule has 5 aromatic rings. The van der Waals surface area contributed by atoms with Crippen LogP contribution in [0.15, 0.2) is 85.2 Å². The van der Waals surface area contributed by atoms with Gasteiger partial charge in [0, 0.05) is 17.8 Å². The van der Waals surface area contributed by atoms with E-state index < -0.39 is 0 Å². The van der Waals surface area contributed by atoms with Gasteiger partial charge in [-0.3, -0.25) is 4.79 Å². The van der Waals surface area contributed by atoms with Gasteiger partial charge in [-0.15, -0.1) is 5.10 Å². The average Bonchev–Trinajstić information content (AvgIpc) is 3.64. The molecule has 0 fully saturated rings. The van der Waals surface area contributed by atoms with Crippen molar-refractivity contribution in [3.05, 3.63) is 102 Å². The highest BCUT2D eigenvalue weighted by Crippen LogP contribution is 2.26. The first-order valence-corrected chi connectivity index (χ1v) is 12.2. The first-order chi connectivity index (χ1) is 19.1. The van der Waals surface area contributed by atoms with Crippen molar-refractivity contribution in [1.29, 1.82) is 0 Å². The van der Waals surface area contributed by atoms with Crippen LogP contribution in [0, 0.1) is 0 Å². The van der Waals surface area contributed by atoms with Crippen LogP contribution in [0.3, 0.4) is 0 Å². The molecule has 0 unspecified atom stereocenters. The molecule has 0 aliphatic carbocycles. The molecule has 198 valence electrons. The van der Waals surface area contributed by atoms with Crippen LogP contribution >= 0.6 is 0 Å². The van der Waals surface area contributed by atoms with Gasteiger partial charge >= 0.3 is 0 Å². The Hall–Kier alpha value is -5.12. The Kier molecular flexibility index (Phi) is 7.53. The quantitative estimate of drug-likeness (QED) is 0.293. The molecule has 2 aromatic heterocycles. The molecule has 0 spiro atoms. The van der Waals surface area contributed by atoms with Gasteiger partial charge in [-0.1, -0.05) is 23.4 Å². The molecule has 0 saturated heterocycles. The van der Waals surface area contributed by atoms with Crippen LogP contribution < -0.4 is 19.5 Å². The molecule has 2 heterocycles. The van der Waals surface area contributed by atoms with Gasteiger partial charge in [-0.05, 0) is 54.1 Å². The van der Waals surface area contributed by atoms with Gasteiger partial charge in [-0.2, -0.15) is 5.10 Å². The highest BCUT2D eigenvalue weighted by Gasteiger charge is 2.19. The van der Waals surface area contributed by atoms with Crippen molar-refractivity contribution in [3.8, 4) is 34.2 Å². The van der Waals surface area contributed by atoms with E-state index in [1.807, 2.05) is 72.8 Å². The van der Waals surface area contributed by atoms with E-state index in [9.17, 15) is 4.79 Å². The number of methoxy groups -OCH3 is 3. The molecular weight excluding hydrogens is 496 g/mol. The minimum Gasteiger partial charge on any atom is -0.497 e. The summed E-state index contributed by atoms with van der Waals surface area (Å²) in [7, 11) is 4.83. The van der Waals surface area contributed by atoms with E-state index in [1.165, 1.54) is 0 Å². The molecule has 0 bridgehead atoms. The molecule has 0 aliphatic rings. The topological polar surface area (TPSA) is 105 Å². The van der Waals surface area contributed by atoms with Gasteiger partial charge in [0.05, 0.1) is 51.9 Å². The number of rotatable bonds is 10. The van der Waals surface area contributed by atoms with Gasteiger partial charge in [-0.25, -0.2) is 9.36 Å². The second-order valence-electron chi connectivity index (χ2n) is 8.71. The van der Waals surface area contributed by atoms with Gasteiger partial charge in [0.25, 0.3) is 5.91 Å². The maximum absolute atomic E-state index is 13.3. The number of hydrogen-bond donors (Lipinski definition) is 1. The van der Waals surface area contributed by atoms with Gasteiger partial charge in [0.2, 0.25) is 0 Å². The fraction of sp³-hybridized carbons (Fsp3) is 0.172. The van der Waals surface area contributed by atoms with Crippen LogP contribution in [0.5, 0.6) is 17.2 Å².